The lowest BCUT2D eigenvalue weighted by atomic mass is 9.83. The predicted octanol–water partition coefficient (Wildman–Crippen LogP) is 4.53. The largest absolute Gasteiger partial charge is 0.326 e. The maximum absolute atomic E-state index is 13.4. The zero-order valence-electron chi connectivity index (χ0n) is 20.2. The first kappa shape index (κ1) is 24.7. The van der Waals surface area contributed by atoms with E-state index in [0.717, 1.165) is 23.2 Å². The van der Waals surface area contributed by atoms with Crippen molar-refractivity contribution in [3.63, 3.8) is 0 Å². The van der Waals surface area contributed by atoms with Crippen LogP contribution in [-0.4, -0.2) is 32.5 Å². The number of hydrogen-bond donors (Lipinski definition) is 1. The molecule has 6 nitrogen and oxygen atoms in total. The summed E-state index contributed by atoms with van der Waals surface area (Å²) in [5, 5.41) is 2.87. The second kappa shape index (κ2) is 9.66. The maximum atomic E-state index is 13.4. The summed E-state index contributed by atoms with van der Waals surface area (Å²) in [5.41, 5.74) is 3.69. The molecule has 0 saturated carbocycles. The van der Waals surface area contributed by atoms with E-state index in [9.17, 15) is 18.0 Å². The number of anilines is 2. The summed E-state index contributed by atoms with van der Waals surface area (Å²) in [4.78, 5) is 28.1. The van der Waals surface area contributed by atoms with Gasteiger partial charge in [0.25, 0.3) is 0 Å². The molecule has 0 atom stereocenters. The molecule has 0 unspecified atom stereocenters. The average Bonchev–Trinajstić information content (AvgIpc) is 3.28. The molecule has 0 radical (unpaired) electrons. The van der Waals surface area contributed by atoms with E-state index >= 15 is 0 Å². The molecular formula is C28H30N2O4S. The van der Waals surface area contributed by atoms with Gasteiger partial charge in [-0.2, -0.15) is 0 Å². The summed E-state index contributed by atoms with van der Waals surface area (Å²) in [7, 11) is -3.26. The van der Waals surface area contributed by atoms with Crippen molar-refractivity contribution >= 4 is 33.0 Å². The average molecular weight is 491 g/mol. The van der Waals surface area contributed by atoms with E-state index in [1.165, 1.54) is 17.7 Å². The number of benzene rings is 3. The van der Waals surface area contributed by atoms with Crippen molar-refractivity contribution in [1.29, 1.82) is 0 Å². The highest BCUT2D eigenvalue weighted by Crippen LogP contribution is 2.34. The van der Waals surface area contributed by atoms with Gasteiger partial charge >= 0.3 is 0 Å². The first-order valence-corrected chi connectivity index (χ1v) is 13.4. The molecule has 0 spiro atoms. The zero-order chi connectivity index (χ0) is 25.2. The van der Waals surface area contributed by atoms with Gasteiger partial charge in [-0.3, -0.25) is 9.59 Å². The van der Waals surface area contributed by atoms with Crippen molar-refractivity contribution in [3.05, 3.63) is 89.5 Å². The monoisotopic (exact) mass is 490 g/mol. The van der Waals surface area contributed by atoms with Crippen molar-refractivity contribution in [1.82, 2.24) is 0 Å². The number of para-hydroxylation sites is 1. The van der Waals surface area contributed by atoms with Crippen LogP contribution in [0.3, 0.4) is 0 Å². The molecular weight excluding hydrogens is 460 g/mol. The van der Waals surface area contributed by atoms with Crippen LogP contribution in [0.15, 0.2) is 77.7 Å². The summed E-state index contributed by atoms with van der Waals surface area (Å²) < 4.78 is 23.9. The molecule has 1 aliphatic rings. The number of fused-ring (bicyclic) bond motifs is 1. The Balaban J connectivity index is 1.40. The third kappa shape index (κ3) is 5.15. The van der Waals surface area contributed by atoms with Crippen molar-refractivity contribution < 1.29 is 18.0 Å². The number of amides is 2. The minimum absolute atomic E-state index is 0.0382. The topological polar surface area (TPSA) is 83.5 Å². The van der Waals surface area contributed by atoms with E-state index in [1.54, 1.807) is 31.2 Å². The lowest BCUT2D eigenvalue weighted by Crippen LogP contribution is -2.42. The van der Waals surface area contributed by atoms with Gasteiger partial charge in [-0.05, 0) is 67.3 Å². The van der Waals surface area contributed by atoms with Gasteiger partial charge in [0.05, 0.1) is 22.5 Å². The fraction of sp³-hybridized carbons (Fsp3) is 0.286. The van der Waals surface area contributed by atoms with Crippen LogP contribution in [0.1, 0.15) is 37.5 Å². The number of sulfone groups is 1. The molecule has 0 aliphatic carbocycles. The molecule has 7 heteroatoms. The van der Waals surface area contributed by atoms with Crippen LogP contribution in [0.2, 0.25) is 0 Å². The first-order chi connectivity index (χ1) is 16.6. The number of rotatable bonds is 7. The van der Waals surface area contributed by atoms with Crippen LogP contribution in [0.25, 0.3) is 0 Å². The van der Waals surface area contributed by atoms with Crippen LogP contribution in [0.4, 0.5) is 11.4 Å². The molecule has 3 aromatic rings. The number of nitrogens with one attached hydrogen (secondary N) is 1. The lowest BCUT2D eigenvalue weighted by Gasteiger charge is -2.30. The van der Waals surface area contributed by atoms with E-state index < -0.39 is 15.3 Å². The van der Waals surface area contributed by atoms with Crippen LogP contribution < -0.4 is 10.2 Å². The van der Waals surface area contributed by atoms with E-state index in [2.05, 4.69) is 11.4 Å². The van der Waals surface area contributed by atoms with Crippen molar-refractivity contribution in [2.75, 3.05) is 22.5 Å². The number of hydrogen-bond acceptors (Lipinski definition) is 4. The van der Waals surface area contributed by atoms with Crippen LogP contribution in [0, 0.1) is 0 Å². The molecule has 35 heavy (non-hydrogen) atoms. The SMILES string of the molecule is CCS(=O)(=O)c1ccc(CC(=O)Nc2ccc(C(C)(C)C(=O)N3CCc4ccccc43)cc2)cc1. The summed E-state index contributed by atoms with van der Waals surface area (Å²) in [6.07, 6.45) is 0.993. The van der Waals surface area contributed by atoms with Gasteiger partial charge in [0, 0.05) is 17.9 Å². The summed E-state index contributed by atoms with van der Waals surface area (Å²) in [5.74, 6) is -0.114. The third-order valence-corrected chi connectivity index (χ3v) is 8.33. The van der Waals surface area contributed by atoms with E-state index in [1.807, 2.05) is 49.1 Å². The van der Waals surface area contributed by atoms with Crippen molar-refractivity contribution in [2.45, 2.75) is 43.9 Å². The Morgan fingerprint density at radius 2 is 1.60 bits per heavy atom. The van der Waals surface area contributed by atoms with Gasteiger partial charge in [0.15, 0.2) is 9.84 Å². The fourth-order valence-corrected chi connectivity index (χ4v) is 5.24. The molecule has 1 N–H and O–H groups in total. The Morgan fingerprint density at radius 3 is 2.26 bits per heavy atom. The van der Waals surface area contributed by atoms with Crippen LogP contribution >= 0.6 is 0 Å². The highest BCUT2D eigenvalue weighted by molar-refractivity contribution is 7.91. The highest BCUT2D eigenvalue weighted by atomic mass is 32.2. The van der Waals surface area contributed by atoms with Gasteiger partial charge in [-0.1, -0.05) is 49.4 Å². The van der Waals surface area contributed by atoms with Gasteiger partial charge < -0.3 is 10.2 Å². The normalized spacial score (nSPS) is 13.4. The van der Waals surface area contributed by atoms with Gasteiger partial charge in [0.2, 0.25) is 11.8 Å². The Kier molecular flexibility index (Phi) is 6.81. The number of carbonyl (C=O) groups is 2. The Labute approximate surface area is 206 Å². The number of carbonyl (C=O) groups excluding carboxylic acids is 2. The second-order valence-corrected chi connectivity index (χ2v) is 11.6. The highest BCUT2D eigenvalue weighted by Gasteiger charge is 2.36. The van der Waals surface area contributed by atoms with E-state index in [4.69, 9.17) is 0 Å². The van der Waals surface area contributed by atoms with Gasteiger partial charge in [0.1, 0.15) is 0 Å². The molecule has 4 rings (SSSR count). The smallest absolute Gasteiger partial charge is 0.237 e. The number of nitrogens with zero attached hydrogens (tertiary/aromatic N) is 1. The summed E-state index contributed by atoms with van der Waals surface area (Å²) >= 11 is 0. The summed E-state index contributed by atoms with van der Waals surface area (Å²) in [6.45, 7) is 6.13. The van der Waals surface area contributed by atoms with E-state index in [-0.39, 0.29) is 28.9 Å². The predicted molar refractivity (Wildman–Crippen MR) is 138 cm³/mol. The molecule has 1 heterocycles. The zero-order valence-corrected chi connectivity index (χ0v) is 21.1. The third-order valence-electron chi connectivity index (χ3n) is 6.58. The Bertz CT molecular complexity index is 1340. The van der Waals surface area contributed by atoms with Gasteiger partial charge in [-0.25, -0.2) is 8.42 Å². The van der Waals surface area contributed by atoms with Crippen LogP contribution in [0.5, 0.6) is 0 Å². The molecule has 2 amide bonds. The molecule has 1 aliphatic heterocycles. The Hall–Kier alpha value is -3.45. The quantitative estimate of drug-likeness (QED) is 0.528. The molecule has 0 fully saturated rings. The minimum Gasteiger partial charge on any atom is -0.326 e. The van der Waals surface area contributed by atoms with Gasteiger partial charge in [-0.15, -0.1) is 0 Å². The lowest BCUT2D eigenvalue weighted by molar-refractivity contribution is -0.123. The van der Waals surface area contributed by atoms with E-state index in [0.29, 0.717) is 12.2 Å². The minimum atomic E-state index is -3.26. The molecule has 0 saturated heterocycles. The van der Waals surface area contributed by atoms with Crippen molar-refractivity contribution in [3.8, 4) is 0 Å². The van der Waals surface area contributed by atoms with Crippen molar-refractivity contribution in [2.24, 2.45) is 0 Å². The summed E-state index contributed by atoms with van der Waals surface area (Å²) in [6, 6.07) is 21.8. The fourth-order valence-electron chi connectivity index (χ4n) is 4.35. The molecule has 3 aromatic carbocycles. The van der Waals surface area contributed by atoms with Crippen LogP contribution in [-0.2, 0) is 37.7 Å². The second-order valence-electron chi connectivity index (χ2n) is 9.31. The standard InChI is InChI=1S/C28H30N2O4S/c1-4-35(33,34)24-15-9-20(10-16-24)19-26(31)29-23-13-11-22(12-14-23)28(2,3)27(32)30-18-17-21-7-5-6-8-25(21)30/h5-16H,4,17-19H2,1-3H3,(H,29,31). The molecule has 182 valence electrons. The maximum Gasteiger partial charge on any atom is 0.237 e. The Morgan fingerprint density at radius 1 is 0.943 bits per heavy atom. The molecule has 0 aromatic heterocycles. The molecule has 0 bridgehead atoms. The first-order valence-electron chi connectivity index (χ1n) is 11.7.